The summed E-state index contributed by atoms with van der Waals surface area (Å²) in [6.07, 6.45) is 1.23. The smallest absolute Gasteiger partial charge is 0.328 e. The fourth-order valence-electron chi connectivity index (χ4n) is 0.906. The van der Waals surface area contributed by atoms with Crippen LogP contribution in [0.2, 0.25) is 0 Å². The van der Waals surface area contributed by atoms with Gasteiger partial charge < -0.3 is 21.3 Å². The Bertz CT molecular complexity index is 208. The molecule has 14 heavy (non-hydrogen) atoms. The van der Waals surface area contributed by atoms with Gasteiger partial charge in [-0.05, 0) is 6.42 Å². The molecule has 0 aliphatic heterocycles. The zero-order valence-electron chi connectivity index (χ0n) is 8.06. The van der Waals surface area contributed by atoms with Gasteiger partial charge in [-0.25, -0.2) is 4.79 Å². The first kappa shape index (κ1) is 12.9. The molecule has 0 saturated heterocycles. The number of aliphatic carboxylic acids is 1. The first-order valence-corrected chi connectivity index (χ1v) is 4.42. The van der Waals surface area contributed by atoms with Crippen molar-refractivity contribution < 1.29 is 19.8 Å². The molecule has 0 bridgehead atoms. The van der Waals surface area contributed by atoms with Gasteiger partial charge in [0.05, 0.1) is 12.6 Å². The molecule has 0 rings (SSSR count). The van der Waals surface area contributed by atoms with Crippen LogP contribution in [0.25, 0.3) is 0 Å². The molecular formula is C8H16N2O4. The van der Waals surface area contributed by atoms with E-state index >= 15 is 0 Å². The fourth-order valence-corrected chi connectivity index (χ4v) is 0.906. The van der Waals surface area contributed by atoms with Gasteiger partial charge in [-0.15, -0.1) is 0 Å². The van der Waals surface area contributed by atoms with Gasteiger partial charge >= 0.3 is 5.97 Å². The molecule has 0 spiro atoms. The third kappa shape index (κ3) is 4.20. The van der Waals surface area contributed by atoms with Crippen molar-refractivity contribution in [2.45, 2.75) is 31.8 Å². The number of rotatable bonds is 6. The number of hydrogen-bond donors (Lipinski definition) is 4. The molecule has 0 aromatic heterocycles. The van der Waals surface area contributed by atoms with Crippen molar-refractivity contribution in [2.75, 3.05) is 6.61 Å². The predicted molar refractivity (Wildman–Crippen MR) is 49.5 cm³/mol. The first-order chi connectivity index (χ1) is 6.52. The molecule has 0 aliphatic carbocycles. The lowest BCUT2D eigenvalue weighted by Gasteiger charge is -2.15. The summed E-state index contributed by atoms with van der Waals surface area (Å²) in [4.78, 5) is 21.6. The Morgan fingerprint density at radius 2 is 2.07 bits per heavy atom. The first-order valence-electron chi connectivity index (χ1n) is 4.42. The van der Waals surface area contributed by atoms with Crippen LogP contribution in [-0.2, 0) is 9.59 Å². The van der Waals surface area contributed by atoms with E-state index in [4.69, 9.17) is 15.9 Å². The lowest BCUT2D eigenvalue weighted by atomic mass is 10.1. The molecular weight excluding hydrogens is 188 g/mol. The van der Waals surface area contributed by atoms with Crippen molar-refractivity contribution in [3.8, 4) is 0 Å². The summed E-state index contributed by atoms with van der Waals surface area (Å²) in [6.45, 7) is 1.23. The third-order valence-electron chi connectivity index (χ3n) is 1.73. The van der Waals surface area contributed by atoms with Crippen LogP contribution in [0.1, 0.15) is 19.8 Å². The molecule has 0 radical (unpaired) electrons. The number of nitrogens with one attached hydrogen (secondary N) is 1. The number of carboxylic acids is 1. The second-order valence-electron chi connectivity index (χ2n) is 2.98. The molecule has 0 aliphatic rings. The second-order valence-corrected chi connectivity index (χ2v) is 2.98. The van der Waals surface area contributed by atoms with E-state index in [2.05, 4.69) is 5.32 Å². The topological polar surface area (TPSA) is 113 Å². The number of aliphatic hydroxyl groups excluding tert-OH is 1. The molecule has 0 unspecified atom stereocenters. The van der Waals surface area contributed by atoms with E-state index in [0.717, 1.165) is 6.42 Å². The molecule has 0 fully saturated rings. The highest BCUT2D eigenvalue weighted by atomic mass is 16.4. The minimum absolute atomic E-state index is 0.490. The van der Waals surface area contributed by atoms with Crippen molar-refractivity contribution in [1.29, 1.82) is 0 Å². The molecule has 82 valence electrons. The van der Waals surface area contributed by atoms with Gasteiger partial charge in [0.1, 0.15) is 6.04 Å². The van der Waals surface area contributed by atoms with E-state index in [9.17, 15) is 9.59 Å². The molecule has 1 amide bonds. The monoisotopic (exact) mass is 204 g/mol. The minimum Gasteiger partial charge on any atom is -0.480 e. The molecule has 0 heterocycles. The van der Waals surface area contributed by atoms with Crippen molar-refractivity contribution in [1.82, 2.24) is 5.32 Å². The predicted octanol–water partition coefficient (Wildman–Crippen LogP) is -1.32. The molecule has 0 aromatic carbocycles. The maximum Gasteiger partial charge on any atom is 0.328 e. The van der Waals surface area contributed by atoms with Crippen LogP contribution in [0.15, 0.2) is 0 Å². The summed E-state index contributed by atoms with van der Waals surface area (Å²) in [5.41, 5.74) is 5.44. The lowest BCUT2D eigenvalue weighted by molar-refractivity contribution is -0.143. The van der Waals surface area contributed by atoms with Crippen LogP contribution in [0, 0.1) is 0 Å². The average molecular weight is 204 g/mol. The number of amides is 1. The Morgan fingerprint density at radius 3 is 2.43 bits per heavy atom. The summed E-state index contributed by atoms with van der Waals surface area (Å²) in [6, 6.07) is -1.99. The van der Waals surface area contributed by atoms with Crippen LogP contribution in [0.5, 0.6) is 0 Å². The van der Waals surface area contributed by atoms with E-state index in [-0.39, 0.29) is 0 Å². The second kappa shape index (κ2) is 6.33. The highest BCUT2D eigenvalue weighted by Gasteiger charge is 2.21. The van der Waals surface area contributed by atoms with Crippen LogP contribution in [-0.4, -0.2) is 40.8 Å². The van der Waals surface area contributed by atoms with Crippen LogP contribution >= 0.6 is 0 Å². The minimum atomic E-state index is -1.27. The largest absolute Gasteiger partial charge is 0.480 e. The summed E-state index contributed by atoms with van der Waals surface area (Å²) in [5, 5.41) is 19.3. The Morgan fingerprint density at radius 1 is 1.50 bits per heavy atom. The van der Waals surface area contributed by atoms with Gasteiger partial charge in [0.2, 0.25) is 5.91 Å². The number of aliphatic hydroxyl groups is 1. The maximum absolute atomic E-state index is 11.2. The Hall–Kier alpha value is -1.14. The van der Waals surface area contributed by atoms with E-state index in [1.165, 1.54) is 0 Å². The number of carbonyl (C=O) groups excluding carboxylic acids is 1. The molecule has 0 saturated carbocycles. The number of nitrogens with two attached hydrogens (primary N) is 1. The van der Waals surface area contributed by atoms with E-state index in [1.807, 2.05) is 6.92 Å². The van der Waals surface area contributed by atoms with Crippen LogP contribution in [0.3, 0.4) is 0 Å². The standard InChI is InChI=1S/C8H16N2O4/c1-2-3-5(9)7(12)10-6(4-11)8(13)14/h5-6,11H,2-4,9H2,1H3,(H,10,12)(H,13,14)/t5-,6+/m1/s1. The SMILES string of the molecule is CCC[C@@H](N)C(=O)N[C@@H](CO)C(=O)O. The summed E-state index contributed by atoms with van der Waals surface area (Å²) < 4.78 is 0. The van der Waals surface area contributed by atoms with Crippen molar-refractivity contribution in [3.63, 3.8) is 0 Å². The average Bonchev–Trinajstić information content (AvgIpc) is 2.13. The molecule has 0 aromatic rings. The Labute approximate surface area is 82.1 Å². The van der Waals surface area contributed by atoms with Crippen LogP contribution in [0.4, 0.5) is 0 Å². The van der Waals surface area contributed by atoms with Gasteiger partial charge in [-0.2, -0.15) is 0 Å². The number of hydrogen-bond acceptors (Lipinski definition) is 4. The normalized spacial score (nSPS) is 14.5. The highest BCUT2D eigenvalue weighted by Crippen LogP contribution is 1.94. The van der Waals surface area contributed by atoms with Gasteiger partial charge in [-0.3, -0.25) is 4.79 Å². The van der Waals surface area contributed by atoms with E-state index in [1.54, 1.807) is 0 Å². The molecule has 2 atom stereocenters. The zero-order chi connectivity index (χ0) is 11.1. The summed E-state index contributed by atoms with van der Waals surface area (Å²) in [7, 11) is 0. The van der Waals surface area contributed by atoms with Crippen molar-refractivity contribution >= 4 is 11.9 Å². The molecule has 6 heteroatoms. The van der Waals surface area contributed by atoms with Crippen molar-refractivity contribution in [3.05, 3.63) is 0 Å². The third-order valence-corrected chi connectivity index (χ3v) is 1.73. The van der Waals surface area contributed by atoms with Gasteiger partial charge in [0.25, 0.3) is 0 Å². The number of carbonyl (C=O) groups is 2. The Kier molecular flexibility index (Phi) is 5.82. The van der Waals surface area contributed by atoms with E-state index < -0.39 is 30.6 Å². The molecule has 5 N–H and O–H groups in total. The summed E-state index contributed by atoms with van der Waals surface area (Å²) in [5.74, 6) is -1.82. The fraction of sp³-hybridized carbons (Fsp3) is 0.750. The van der Waals surface area contributed by atoms with Gasteiger partial charge in [0, 0.05) is 0 Å². The van der Waals surface area contributed by atoms with Crippen molar-refractivity contribution in [2.24, 2.45) is 5.73 Å². The van der Waals surface area contributed by atoms with Crippen LogP contribution < -0.4 is 11.1 Å². The van der Waals surface area contributed by atoms with Gasteiger partial charge in [-0.1, -0.05) is 13.3 Å². The summed E-state index contributed by atoms with van der Waals surface area (Å²) >= 11 is 0. The highest BCUT2D eigenvalue weighted by molar-refractivity contribution is 5.86. The number of carboxylic acid groups (broad SMARTS) is 1. The van der Waals surface area contributed by atoms with Gasteiger partial charge in [0.15, 0.2) is 0 Å². The Balaban J connectivity index is 4.08. The lowest BCUT2D eigenvalue weighted by Crippen LogP contribution is -2.49. The quantitative estimate of drug-likeness (QED) is 0.428. The van der Waals surface area contributed by atoms with E-state index in [0.29, 0.717) is 6.42 Å². The zero-order valence-corrected chi connectivity index (χ0v) is 8.06. The maximum atomic E-state index is 11.2. The molecule has 6 nitrogen and oxygen atoms in total.